The third-order valence-electron chi connectivity index (χ3n) is 4.71. The highest BCUT2D eigenvalue weighted by molar-refractivity contribution is 5.94. The van der Waals surface area contributed by atoms with Crippen LogP contribution in [0.3, 0.4) is 0 Å². The molecular weight excluding hydrogens is 349 g/mol. The number of amides is 1. The number of hydrogen-bond acceptors (Lipinski definition) is 4. The summed E-state index contributed by atoms with van der Waals surface area (Å²) in [6, 6.07) is 9.75. The third kappa shape index (κ3) is 4.32. The molecule has 0 spiro atoms. The van der Waals surface area contributed by atoms with Gasteiger partial charge < -0.3 is 19.1 Å². The van der Waals surface area contributed by atoms with Crippen LogP contribution in [-0.2, 0) is 6.42 Å². The molecule has 0 unspecified atom stereocenters. The fourth-order valence-electron chi connectivity index (χ4n) is 3.12. The number of benzene rings is 2. The minimum Gasteiger partial charge on any atom is -0.493 e. The lowest BCUT2D eigenvalue weighted by atomic mass is 10.1. The van der Waals surface area contributed by atoms with Crippen molar-refractivity contribution < 1.29 is 23.4 Å². The van der Waals surface area contributed by atoms with Gasteiger partial charge in [-0.2, -0.15) is 0 Å². The van der Waals surface area contributed by atoms with Gasteiger partial charge in [0.05, 0.1) is 21.3 Å². The number of rotatable bonds is 8. The molecule has 3 rings (SSSR count). The van der Waals surface area contributed by atoms with Crippen LogP contribution < -0.4 is 14.2 Å². The van der Waals surface area contributed by atoms with Gasteiger partial charge in [-0.15, -0.1) is 0 Å². The Kier molecular flexibility index (Phi) is 5.84. The van der Waals surface area contributed by atoms with E-state index in [0.717, 1.165) is 18.4 Å². The van der Waals surface area contributed by atoms with E-state index in [1.807, 2.05) is 17.0 Å². The summed E-state index contributed by atoms with van der Waals surface area (Å²) in [5.74, 6) is 1.32. The first-order valence-corrected chi connectivity index (χ1v) is 8.92. The van der Waals surface area contributed by atoms with Gasteiger partial charge in [-0.1, -0.05) is 0 Å². The van der Waals surface area contributed by atoms with Crippen LogP contribution in [0.4, 0.5) is 4.39 Å². The normalized spacial score (nSPS) is 13.2. The minimum atomic E-state index is -0.345. The monoisotopic (exact) mass is 373 g/mol. The van der Waals surface area contributed by atoms with E-state index in [1.165, 1.54) is 24.3 Å². The Morgan fingerprint density at radius 3 is 2.11 bits per heavy atom. The van der Waals surface area contributed by atoms with Crippen molar-refractivity contribution in [2.24, 2.45) is 0 Å². The van der Waals surface area contributed by atoms with E-state index in [4.69, 9.17) is 14.2 Å². The van der Waals surface area contributed by atoms with Gasteiger partial charge in [-0.25, -0.2) is 4.39 Å². The minimum absolute atomic E-state index is 0.0649. The Morgan fingerprint density at radius 1 is 1.04 bits per heavy atom. The molecule has 1 aliphatic carbocycles. The van der Waals surface area contributed by atoms with Crippen molar-refractivity contribution in [2.45, 2.75) is 25.3 Å². The number of carbonyl (C=O) groups excluding carboxylic acids is 1. The second-order valence-electron chi connectivity index (χ2n) is 6.52. The molecule has 1 saturated carbocycles. The highest BCUT2D eigenvalue weighted by atomic mass is 19.1. The molecule has 0 atom stereocenters. The molecule has 0 radical (unpaired) electrons. The molecule has 5 nitrogen and oxygen atoms in total. The van der Waals surface area contributed by atoms with Crippen LogP contribution >= 0.6 is 0 Å². The average Bonchev–Trinajstić information content (AvgIpc) is 3.52. The number of methoxy groups -OCH3 is 3. The van der Waals surface area contributed by atoms with Crippen molar-refractivity contribution in [3.63, 3.8) is 0 Å². The molecule has 144 valence electrons. The predicted molar refractivity (Wildman–Crippen MR) is 100 cm³/mol. The van der Waals surface area contributed by atoms with E-state index >= 15 is 0 Å². The second kappa shape index (κ2) is 8.29. The molecule has 0 N–H and O–H groups in total. The zero-order valence-corrected chi connectivity index (χ0v) is 15.8. The van der Waals surface area contributed by atoms with Crippen molar-refractivity contribution in [3.8, 4) is 17.2 Å². The fraction of sp³-hybridized carbons (Fsp3) is 0.381. The van der Waals surface area contributed by atoms with E-state index in [0.29, 0.717) is 35.8 Å². The van der Waals surface area contributed by atoms with Crippen LogP contribution in [0, 0.1) is 5.82 Å². The van der Waals surface area contributed by atoms with E-state index in [2.05, 4.69) is 0 Å². The van der Waals surface area contributed by atoms with Crippen LogP contribution in [-0.4, -0.2) is 44.7 Å². The maximum absolute atomic E-state index is 13.1. The molecule has 6 heteroatoms. The largest absolute Gasteiger partial charge is 0.493 e. The van der Waals surface area contributed by atoms with Gasteiger partial charge >= 0.3 is 0 Å². The summed E-state index contributed by atoms with van der Waals surface area (Å²) in [5, 5.41) is 0. The van der Waals surface area contributed by atoms with Crippen molar-refractivity contribution in [3.05, 3.63) is 53.3 Å². The topological polar surface area (TPSA) is 48.0 Å². The first-order chi connectivity index (χ1) is 13.1. The molecule has 1 fully saturated rings. The lowest BCUT2D eigenvalue weighted by Crippen LogP contribution is -2.35. The number of halogens is 1. The number of ether oxygens (including phenoxy) is 3. The Balaban J connectivity index is 1.77. The molecule has 0 aromatic heterocycles. The molecule has 2 aromatic rings. The number of nitrogens with zero attached hydrogens (tertiary/aromatic N) is 1. The Labute approximate surface area is 158 Å². The van der Waals surface area contributed by atoms with Crippen LogP contribution in [0.1, 0.15) is 28.8 Å². The zero-order valence-electron chi connectivity index (χ0n) is 15.8. The lowest BCUT2D eigenvalue weighted by Gasteiger charge is -2.23. The summed E-state index contributed by atoms with van der Waals surface area (Å²) in [7, 11) is 4.72. The first-order valence-electron chi connectivity index (χ1n) is 8.92. The van der Waals surface area contributed by atoms with Crippen LogP contribution in [0.25, 0.3) is 0 Å². The zero-order chi connectivity index (χ0) is 19.4. The molecule has 2 aromatic carbocycles. The standard InChI is InChI=1S/C21H24FNO4/c1-25-18-12-14(13-19(26-2)20(18)27-3)10-11-23(17-8-9-17)21(24)15-4-6-16(22)7-5-15/h4-7,12-13,17H,8-11H2,1-3H3. The molecule has 0 heterocycles. The lowest BCUT2D eigenvalue weighted by molar-refractivity contribution is 0.0745. The van der Waals surface area contributed by atoms with E-state index in [9.17, 15) is 9.18 Å². The summed E-state index contributed by atoms with van der Waals surface area (Å²) >= 11 is 0. The van der Waals surface area contributed by atoms with Crippen LogP contribution in [0.2, 0.25) is 0 Å². The van der Waals surface area contributed by atoms with Gasteiger partial charge in [0.2, 0.25) is 5.75 Å². The van der Waals surface area contributed by atoms with Crippen LogP contribution in [0.15, 0.2) is 36.4 Å². The summed E-state index contributed by atoms with van der Waals surface area (Å²) in [6.45, 7) is 0.569. The van der Waals surface area contributed by atoms with Crippen molar-refractivity contribution in [2.75, 3.05) is 27.9 Å². The van der Waals surface area contributed by atoms with E-state index in [-0.39, 0.29) is 17.8 Å². The maximum Gasteiger partial charge on any atom is 0.254 e. The summed E-state index contributed by atoms with van der Waals surface area (Å²) in [5.41, 5.74) is 1.50. The molecule has 27 heavy (non-hydrogen) atoms. The maximum atomic E-state index is 13.1. The van der Waals surface area contributed by atoms with Gasteiger partial charge in [0.1, 0.15) is 5.82 Å². The molecule has 1 amide bonds. The average molecular weight is 373 g/mol. The Hall–Kier alpha value is -2.76. The highest BCUT2D eigenvalue weighted by Crippen LogP contribution is 2.38. The van der Waals surface area contributed by atoms with Gasteiger partial charge in [-0.3, -0.25) is 4.79 Å². The van der Waals surface area contributed by atoms with E-state index in [1.54, 1.807) is 21.3 Å². The van der Waals surface area contributed by atoms with Gasteiger partial charge in [-0.05, 0) is 61.2 Å². The smallest absolute Gasteiger partial charge is 0.254 e. The second-order valence-corrected chi connectivity index (χ2v) is 6.52. The van der Waals surface area contributed by atoms with E-state index < -0.39 is 0 Å². The van der Waals surface area contributed by atoms with Crippen molar-refractivity contribution in [1.82, 2.24) is 4.90 Å². The van der Waals surface area contributed by atoms with Crippen molar-refractivity contribution >= 4 is 5.91 Å². The quantitative estimate of drug-likeness (QED) is 0.708. The first kappa shape index (κ1) is 19.0. The number of carbonyl (C=O) groups is 1. The fourth-order valence-corrected chi connectivity index (χ4v) is 3.12. The molecule has 0 saturated heterocycles. The SMILES string of the molecule is COc1cc(CCN(C(=O)c2ccc(F)cc2)C2CC2)cc(OC)c1OC. The molecule has 1 aliphatic rings. The Morgan fingerprint density at radius 2 is 1.63 bits per heavy atom. The van der Waals surface area contributed by atoms with Crippen molar-refractivity contribution in [1.29, 1.82) is 0 Å². The molecule has 0 aliphatic heterocycles. The number of hydrogen-bond donors (Lipinski definition) is 0. The van der Waals surface area contributed by atoms with Gasteiger partial charge in [0.25, 0.3) is 5.91 Å². The molecule has 0 bridgehead atoms. The Bertz CT molecular complexity index is 777. The summed E-state index contributed by atoms with van der Waals surface area (Å²) < 4.78 is 29.3. The van der Waals surface area contributed by atoms with Gasteiger partial charge in [0, 0.05) is 18.2 Å². The van der Waals surface area contributed by atoms with Gasteiger partial charge in [0.15, 0.2) is 11.5 Å². The highest BCUT2D eigenvalue weighted by Gasteiger charge is 2.32. The van der Waals surface area contributed by atoms with Crippen LogP contribution in [0.5, 0.6) is 17.2 Å². The molecular formula is C21H24FNO4. The predicted octanol–water partition coefficient (Wildman–Crippen LogP) is 3.70. The third-order valence-corrected chi connectivity index (χ3v) is 4.71. The summed E-state index contributed by atoms with van der Waals surface area (Å²) in [6.07, 6.45) is 2.66. The summed E-state index contributed by atoms with van der Waals surface area (Å²) in [4.78, 5) is 14.7.